The third-order valence-electron chi connectivity index (χ3n) is 11.3. The number of amides is 1. The van der Waals surface area contributed by atoms with Crippen LogP contribution in [0.1, 0.15) is 49.4 Å². The Morgan fingerprint density at radius 2 is 1.89 bits per heavy atom. The molecule has 1 aromatic carbocycles. The maximum Gasteiger partial charge on any atom is 0.245 e. The predicted octanol–water partition coefficient (Wildman–Crippen LogP) is 4.75. The van der Waals surface area contributed by atoms with E-state index in [0.29, 0.717) is 25.2 Å². The van der Waals surface area contributed by atoms with Crippen molar-refractivity contribution in [1.29, 1.82) is 0 Å². The molecule has 3 saturated heterocycles. The van der Waals surface area contributed by atoms with E-state index in [-0.39, 0.29) is 16.9 Å². The first-order chi connectivity index (χ1) is 21.8. The summed E-state index contributed by atoms with van der Waals surface area (Å²) in [6.45, 7) is 16.4. The number of likely N-dealkylation sites (tertiary alicyclic amines) is 1. The number of carbonyl (C=O) groups is 1. The maximum atomic E-state index is 12.1. The number of fused-ring (bicyclic) bond motifs is 1. The Kier molecular flexibility index (Phi) is 7.28. The van der Waals surface area contributed by atoms with Gasteiger partial charge in [0.05, 0.1) is 54.7 Å². The third kappa shape index (κ3) is 4.82. The molecule has 1 N–H and O–H groups in total. The molecule has 0 atom stereocenters. The summed E-state index contributed by atoms with van der Waals surface area (Å²) in [5.74, 6) is 1.50. The second kappa shape index (κ2) is 11.1. The zero-order valence-electron chi connectivity index (χ0n) is 26.5. The van der Waals surface area contributed by atoms with E-state index in [0.717, 1.165) is 122 Å². The van der Waals surface area contributed by atoms with E-state index in [2.05, 4.69) is 51.2 Å². The monoisotopic (exact) mass is 633 g/mol. The van der Waals surface area contributed by atoms with E-state index < -0.39 is 0 Å². The van der Waals surface area contributed by atoms with Crippen molar-refractivity contribution < 1.29 is 14.3 Å². The number of aromatic nitrogens is 4. The number of hydrogen-bond acceptors (Lipinski definition) is 7. The minimum atomic E-state index is 0.0335. The lowest BCUT2D eigenvalue weighted by atomic mass is 9.60. The molecule has 8 rings (SSSR count). The van der Waals surface area contributed by atoms with Gasteiger partial charge in [-0.05, 0) is 63.7 Å². The zero-order chi connectivity index (χ0) is 30.9. The summed E-state index contributed by atoms with van der Waals surface area (Å²) in [5, 5.41) is 14.9. The van der Waals surface area contributed by atoms with Crippen LogP contribution in [0.4, 0.5) is 5.82 Å². The quantitative estimate of drug-likeness (QED) is 0.392. The number of halogens is 1. The number of ether oxygens (including phenoxy) is 2. The molecule has 0 bridgehead atoms. The summed E-state index contributed by atoms with van der Waals surface area (Å²) in [4.78, 5) is 19.3. The van der Waals surface area contributed by atoms with Crippen LogP contribution in [0.2, 0.25) is 5.02 Å². The van der Waals surface area contributed by atoms with E-state index in [1.165, 1.54) is 12.5 Å². The molecule has 3 aliphatic heterocycles. The van der Waals surface area contributed by atoms with Crippen molar-refractivity contribution in [2.75, 3.05) is 70.6 Å². The summed E-state index contributed by atoms with van der Waals surface area (Å²) in [7, 11) is 0. The van der Waals surface area contributed by atoms with E-state index in [1.807, 2.05) is 11.1 Å². The van der Waals surface area contributed by atoms with Crippen LogP contribution in [0.5, 0.6) is 0 Å². The van der Waals surface area contributed by atoms with Gasteiger partial charge in [-0.2, -0.15) is 10.2 Å². The SMILES string of the molecule is C=CC(=O)N1CC2(CC(n3nc(N4CCN(CC5COCCOC5)CC45CCC5)c(-c4c(Cl)c(C)cc5[nH]ncc45)c3C)C2)C1. The van der Waals surface area contributed by atoms with Gasteiger partial charge in [-0.25, -0.2) is 0 Å². The molecule has 5 aliphatic rings. The van der Waals surface area contributed by atoms with Crippen LogP contribution in [0.15, 0.2) is 24.9 Å². The van der Waals surface area contributed by atoms with E-state index in [4.69, 9.17) is 26.2 Å². The molecule has 0 radical (unpaired) electrons. The van der Waals surface area contributed by atoms with Crippen LogP contribution in [-0.2, 0) is 14.3 Å². The van der Waals surface area contributed by atoms with Gasteiger partial charge in [0.2, 0.25) is 5.91 Å². The van der Waals surface area contributed by atoms with Crippen molar-refractivity contribution >= 4 is 34.2 Å². The first kappa shape index (κ1) is 29.5. The number of piperazine rings is 1. The van der Waals surface area contributed by atoms with Crippen LogP contribution in [0.25, 0.3) is 22.0 Å². The summed E-state index contributed by atoms with van der Waals surface area (Å²) in [6, 6.07) is 2.39. The number of H-pyrrole nitrogens is 1. The maximum absolute atomic E-state index is 12.1. The number of nitrogens with zero attached hydrogens (tertiary/aromatic N) is 6. The Morgan fingerprint density at radius 1 is 1.13 bits per heavy atom. The Labute approximate surface area is 269 Å². The molecule has 45 heavy (non-hydrogen) atoms. The van der Waals surface area contributed by atoms with E-state index in [1.54, 1.807) is 0 Å². The highest BCUT2D eigenvalue weighted by molar-refractivity contribution is 6.36. The smallest absolute Gasteiger partial charge is 0.245 e. The topological polar surface area (TPSA) is 91.8 Å². The molecule has 1 amide bonds. The highest BCUT2D eigenvalue weighted by atomic mass is 35.5. The number of benzene rings is 1. The van der Waals surface area contributed by atoms with Crippen molar-refractivity contribution in [2.24, 2.45) is 11.3 Å². The predicted molar refractivity (Wildman–Crippen MR) is 175 cm³/mol. The summed E-state index contributed by atoms with van der Waals surface area (Å²) in [5.41, 5.74) is 5.60. The fourth-order valence-corrected chi connectivity index (χ4v) is 9.15. The van der Waals surface area contributed by atoms with Gasteiger partial charge >= 0.3 is 0 Å². The molecule has 2 saturated carbocycles. The molecule has 2 aliphatic carbocycles. The van der Waals surface area contributed by atoms with Gasteiger partial charge in [-0.3, -0.25) is 19.5 Å². The lowest BCUT2D eigenvalue weighted by Crippen LogP contribution is -2.66. The molecular formula is C34H44ClN7O3. The number of nitrogens with one attached hydrogen (secondary N) is 1. The largest absolute Gasteiger partial charge is 0.379 e. The standard InChI is InChI=1S/C34H44ClN7O3/c1-4-28(43)40-19-33(20-40)13-25(14-33)42-23(3)29(30-26-15-36-37-27(26)12-22(2)31(30)35)32(38-42)41-9-8-39(21-34(41)6-5-7-34)16-24-17-44-10-11-45-18-24/h4,12,15,24-25H,1,5-11,13-14,16-21H2,2-3H3,(H,36,37). The van der Waals surface area contributed by atoms with Crippen LogP contribution < -0.4 is 4.90 Å². The highest BCUT2D eigenvalue weighted by Crippen LogP contribution is 2.56. The van der Waals surface area contributed by atoms with Crippen LogP contribution in [0, 0.1) is 25.2 Å². The summed E-state index contributed by atoms with van der Waals surface area (Å²) >= 11 is 7.21. The van der Waals surface area contributed by atoms with Gasteiger partial charge in [0, 0.05) is 72.8 Å². The average molecular weight is 634 g/mol. The lowest BCUT2D eigenvalue weighted by Gasteiger charge is -2.59. The Bertz CT molecular complexity index is 1620. The van der Waals surface area contributed by atoms with Crippen LogP contribution >= 0.6 is 11.6 Å². The first-order valence-corrected chi connectivity index (χ1v) is 17.0. The molecule has 11 heteroatoms. The number of aromatic amines is 1. The normalized spacial score (nSPS) is 23.6. The second-order valence-electron chi connectivity index (χ2n) is 14.4. The number of anilines is 1. The number of aryl methyl sites for hydroxylation is 1. The second-order valence-corrected chi connectivity index (χ2v) is 14.8. The molecule has 240 valence electrons. The summed E-state index contributed by atoms with van der Waals surface area (Å²) < 4.78 is 14.0. The van der Waals surface area contributed by atoms with Gasteiger partial charge in [-0.1, -0.05) is 18.2 Å². The fraction of sp³-hybridized carbons (Fsp3) is 0.618. The van der Waals surface area contributed by atoms with Crippen LogP contribution in [0.3, 0.4) is 0 Å². The Hall–Kier alpha value is -2.92. The summed E-state index contributed by atoms with van der Waals surface area (Å²) in [6.07, 6.45) is 8.95. The number of hydrogen-bond donors (Lipinski definition) is 1. The molecule has 3 aromatic rings. The molecule has 10 nitrogen and oxygen atoms in total. The minimum absolute atomic E-state index is 0.0335. The van der Waals surface area contributed by atoms with Gasteiger partial charge < -0.3 is 19.3 Å². The number of carbonyl (C=O) groups excluding carboxylic acids is 1. The van der Waals surface area contributed by atoms with Crippen molar-refractivity contribution in [3.63, 3.8) is 0 Å². The fourth-order valence-electron chi connectivity index (χ4n) is 8.90. The molecule has 2 spiro atoms. The molecule has 2 aromatic heterocycles. The third-order valence-corrected chi connectivity index (χ3v) is 11.8. The van der Waals surface area contributed by atoms with Gasteiger partial charge in [0.1, 0.15) is 0 Å². The van der Waals surface area contributed by atoms with E-state index in [9.17, 15) is 4.79 Å². The number of rotatable bonds is 6. The lowest BCUT2D eigenvalue weighted by molar-refractivity contribution is -0.149. The molecule has 5 fully saturated rings. The molecule has 5 heterocycles. The van der Waals surface area contributed by atoms with Crippen molar-refractivity contribution in [3.8, 4) is 11.1 Å². The van der Waals surface area contributed by atoms with Crippen molar-refractivity contribution in [3.05, 3.63) is 41.2 Å². The minimum Gasteiger partial charge on any atom is -0.379 e. The van der Waals surface area contributed by atoms with E-state index >= 15 is 0 Å². The van der Waals surface area contributed by atoms with Gasteiger partial charge in [0.15, 0.2) is 5.82 Å². The zero-order valence-corrected chi connectivity index (χ0v) is 27.2. The Morgan fingerprint density at radius 3 is 2.58 bits per heavy atom. The van der Waals surface area contributed by atoms with Gasteiger partial charge in [0.25, 0.3) is 0 Å². The van der Waals surface area contributed by atoms with Crippen LogP contribution in [-0.4, -0.2) is 107 Å². The van der Waals surface area contributed by atoms with Crippen molar-refractivity contribution in [1.82, 2.24) is 29.8 Å². The molecule has 0 unspecified atom stereocenters. The van der Waals surface area contributed by atoms with Crippen molar-refractivity contribution in [2.45, 2.75) is 57.5 Å². The first-order valence-electron chi connectivity index (χ1n) is 16.6. The highest BCUT2D eigenvalue weighted by Gasteiger charge is 2.55. The Balaban J connectivity index is 1.15. The van der Waals surface area contributed by atoms with Gasteiger partial charge in [-0.15, -0.1) is 0 Å². The molecular weight excluding hydrogens is 590 g/mol. The average Bonchev–Trinajstić information content (AvgIpc) is 3.46.